The summed E-state index contributed by atoms with van der Waals surface area (Å²) >= 11 is 5.97. The molecule has 12 heteroatoms. The van der Waals surface area contributed by atoms with E-state index in [4.69, 9.17) is 11.6 Å². The van der Waals surface area contributed by atoms with E-state index in [2.05, 4.69) is 9.80 Å². The molecule has 1 amide bonds. The Kier molecular flexibility index (Phi) is 8.99. The Bertz CT molecular complexity index is 1120. The minimum atomic E-state index is -4.82. The van der Waals surface area contributed by atoms with E-state index in [9.17, 15) is 28.1 Å². The summed E-state index contributed by atoms with van der Waals surface area (Å²) < 4.78 is 40.1. The highest BCUT2D eigenvalue weighted by molar-refractivity contribution is 6.30. The average Bonchev–Trinajstić information content (AvgIpc) is 3.15. The van der Waals surface area contributed by atoms with Gasteiger partial charge in [-0.3, -0.25) is 19.8 Å². The van der Waals surface area contributed by atoms with Gasteiger partial charge in [-0.2, -0.15) is 13.2 Å². The molecule has 0 radical (unpaired) electrons. The monoisotopic (exact) mass is 553 g/mol. The number of anilines is 2. The predicted octanol–water partition coefficient (Wildman–Crippen LogP) is 4.91. The number of carbonyl (C=O) groups excluding carboxylic acids is 1. The van der Waals surface area contributed by atoms with Gasteiger partial charge in [0.1, 0.15) is 5.56 Å². The molecule has 4 rings (SSSR count). The summed E-state index contributed by atoms with van der Waals surface area (Å²) in [5.74, 6) is 0.0475. The first-order valence-electron chi connectivity index (χ1n) is 12.7. The number of carbonyl (C=O) groups is 1. The van der Waals surface area contributed by atoms with Crippen molar-refractivity contribution in [1.29, 1.82) is 0 Å². The lowest BCUT2D eigenvalue weighted by Gasteiger charge is -2.36. The maximum absolute atomic E-state index is 13.4. The van der Waals surface area contributed by atoms with Crippen LogP contribution in [0, 0.1) is 10.1 Å². The molecule has 0 saturated carbocycles. The number of piperazine rings is 1. The normalized spacial score (nSPS) is 17.4. The van der Waals surface area contributed by atoms with Crippen LogP contribution in [0.2, 0.25) is 5.02 Å². The fourth-order valence-corrected chi connectivity index (χ4v) is 5.15. The molecule has 38 heavy (non-hydrogen) atoms. The third kappa shape index (κ3) is 7.08. The van der Waals surface area contributed by atoms with Crippen LogP contribution < -0.4 is 9.80 Å². The lowest BCUT2D eigenvalue weighted by atomic mass is 10.1. The number of benzene rings is 2. The van der Waals surface area contributed by atoms with Gasteiger partial charge in [0.05, 0.1) is 4.92 Å². The van der Waals surface area contributed by atoms with Crippen molar-refractivity contribution >= 4 is 34.6 Å². The smallest absolute Gasteiger partial charge is 0.370 e. The third-order valence-electron chi connectivity index (χ3n) is 7.13. The van der Waals surface area contributed by atoms with Crippen LogP contribution in [0.15, 0.2) is 42.5 Å². The molecule has 0 unspecified atom stereocenters. The van der Waals surface area contributed by atoms with E-state index in [1.165, 1.54) is 6.07 Å². The van der Waals surface area contributed by atoms with Crippen molar-refractivity contribution in [3.8, 4) is 0 Å². The van der Waals surface area contributed by atoms with Crippen LogP contribution in [0.1, 0.15) is 24.8 Å². The highest BCUT2D eigenvalue weighted by Gasteiger charge is 2.39. The second-order valence-electron chi connectivity index (χ2n) is 9.59. The second kappa shape index (κ2) is 12.2. The molecular formula is C26H31ClF3N5O3. The predicted molar refractivity (Wildman–Crippen MR) is 141 cm³/mol. The van der Waals surface area contributed by atoms with E-state index < -0.39 is 22.4 Å². The molecule has 2 heterocycles. The summed E-state index contributed by atoms with van der Waals surface area (Å²) in [6.45, 7) is 6.28. The Morgan fingerprint density at radius 1 is 0.895 bits per heavy atom. The van der Waals surface area contributed by atoms with E-state index in [1.807, 2.05) is 24.3 Å². The third-order valence-corrected chi connectivity index (χ3v) is 7.38. The molecule has 8 nitrogen and oxygen atoms in total. The van der Waals surface area contributed by atoms with Crippen molar-refractivity contribution in [1.82, 2.24) is 9.80 Å². The molecule has 2 aliphatic heterocycles. The van der Waals surface area contributed by atoms with E-state index in [0.717, 1.165) is 62.0 Å². The van der Waals surface area contributed by atoms with E-state index >= 15 is 0 Å². The maximum atomic E-state index is 13.4. The van der Waals surface area contributed by atoms with Crippen LogP contribution in [0.4, 0.5) is 30.2 Å². The molecule has 0 aliphatic carbocycles. The first-order chi connectivity index (χ1) is 18.1. The Morgan fingerprint density at radius 3 is 2.18 bits per heavy atom. The van der Waals surface area contributed by atoms with E-state index in [0.29, 0.717) is 39.0 Å². The largest absolute Gasteiger partial charge is 0.423 e. The Hall–Kier alpha value is -3.05. The Balaban J connectivity index is 1.23. The summed E-state index contributed by atoms with van der Waals surface area (Å²) in [7, 11) is 0. The number of halogens is 4. The van der Waals surface area contributed by atoms with Crippen LogP contribution in [-0.2, 0) is 11.0 Å². The zero-order chi connectivity index (χ0) is 27.3. The lowest BCUT2D eigenvalue weighted by molar-refractivity contribution is -0.388. The van der Waals surface area contributed by atoms with Crippen molar-refractivity contribution in [3.05, 3.63) is 63.2 Å². The summed E-state index contributed by atoms with van der Waals surface area (Å²) in [6.07, 6.45) is -3.05. The minimum absolute atomic E-state index is 0.0475. The van der Waals surface area contributed by atoms with Crippen molar-refractivity contribution in [3.63, 3.8) is 0 Å². The van der Waals surface area contributed by atoms with Crippen LogP contribution in [0.25, 0.3) is 0 Å². The van der Waals surface area contributed by atoms with E-state index in [-0.39, 0.29) is 11.6 Å². The van der Waals surface area contributed by atoms with Gasteiger partial charge in [0.15, 0.2) is 0 Å². The van der Waals surface area contributed by atoms with Gasteiger partial charge in [-0.05, 0) is 55.8 Å². The molecule has 0 N–H and O–H groups in total. The quantitative estimate of drug-likeness (QED) is 0.358. The number of rotatable bonds is 7. The number of nitro benzene ring substituents is 1. The molecule has 2 aromatic carbocycles. The van der Waals surface area contributed by atoms with Crippen LogP contribution >= 0.6 is 11.6 Å². The zero-order valence-corrected chi connectivity index (χ0v) is 21.8. The van der Waals surface area contributed by atoms with Crippen molar-refractivity contribution in [2.45, 2.75) is 25.4 Å². The van der Waals surface area contributed by atoms with E-state index in [1.54, 1.807) is 9.80 Å². The maximum Gasteiger partial charge on any atom is 0.423 e. The number of alkyl halides is 3. The van der Waals surface area contributed by atoms with Gasteiger partial charge in [-0.15, -0.1) is 0 Å². The van der Waals surface area contributed by atoms with Crippen LogP contribution in [0.3, 0.4) is 0 Å². The SMILES string of the molecule is O=C(CCCN1CCN(c2ccc(Cl)cc2)CC1)N1CCCN(c2ccc([N+](=O)[O-])c(C(F)(F)F)c2)CC1. The first kappa shape index (κ1) is 28.0. The molecule has 2 fully saturated rings. The van der Waals surface area contributed by atoms with Gasteiger partial charge in [0, 0.05) is 81.2 Å². The number of hydrogen-bond acceptors (Lipinski definition) is 6. The molecule has 0 atom stereocenters. The number of nitrogens with zero attached hydrogens (tertiary/aromatic N) is 5. The van der Waals surface area contributed by atoms with Crippen molar-refractivity contribution in [2.75, 3.05) is 68.7 Å². The Labute approximate surface area is 224 Å². The van der Waals surface area contributed by atoms with Gasteiger partial charge < -0.3 is 14.7 Å². The molecule has 0 aromatic heterocycles. The number of hydrogen-bond donors (Lipinski definition) is 0. The second-order valence-corrected chi connectivity index (χ2v) is 10.0. The summed E-state index contributed by atoms with van der Waals surface area (Å²) in [6, 6.07) is 10.9. The van der Waals surface area contributed by atoms with Crippen LogP contribution in [0.5, 0.6) is 0 Å². The highest BCUT2D eigenvalue weighted by Crippen LogP contribution is 2.38. The molecule has 2 aromatic rings. The number of nitro groups is 1. The molecule has 206 valence electrons. The van der Waals surface area contributed by atoms with Gasteiger partial charge in [0.2, 0.25) is 5.91 Å². The first-order valence-corrected chi connectivity index (χ1v) is 13.1. The fourth-order valence-electron chi connectivity index (χ4n) is 5.03. The van der Waals surface area contributed by atoms with Gasteiger partial charge in [0.25, 0.3) is 5.69 Å². The van der Waals surface area contributed by atoms with Gasteiger partial charge in [-0.25, -0.2) is 0 Å². The molecule has 0 spiro atoms. The fraction of sp³-hybridized carbons (Fsp3) is 0.500. The zero-order valence-electron chi connectivity index (χ0n) is 21.0. The standard InChI is InChI=1S/C26H31ClF3N5O3/c27-20-4-6-21(7-5-20)33-15-13-31(14-16-33)10-1-3-25(36)34-12-2-11-32(17-18-34)22-8-9-24(35(37)38)23(19-22)26(28,29)30/h4-9,19H,1-3,10-18H2. The van der Waals surface area contributed by atoms with Gasteiger partial charge >= 0.3 is 6.18 Å². The Morgan fingerprint density at radius 2 is 1.53 bits per heavy atom. The topological polar surface area (TPSA) is 73.2 Å². The molecule has 2 saturated heterocycles. The molecule has 2 aliphatic rings. The van der Waals surface area contributed by atoms with Crippen LogP contribution in [-0.4, -0.2) is 79.5 Å². The number of amides is 1. The summed E-state index contributed by atoms with van der Waals surface area (Å²) in [5.41, 5.74) is -0.789. The van der Waals surface area contributed by atoms with Gasteiger partial charge in [-0.1, -0.05) is 11.6 Å². The molecule has 0 bridgehead atoms. The lowest BCUT2D eigenvalue weighted by Crippen LogP contribution is -2.46. The van der Waals surface area contributed by atoms with Crippen molar-refractivity contribution < 1.29 is 22.9 Å². The summed E-state index contributed by atoms with van der Waals surface area (Å²) in [5, 5.41) is 11.8. The average molecular weight is 554 g/mol. The highest BCUT2D eigenvalue weighted by atomic mass is 35.5. The summed E-state index contributed by atoms with van der Waals surface area (Å²) in [4.78, 5) is 31.1. The van der Waals surface area contributed by atoms with Crippen molar-refractivity contribution in [2.24, 2.45) is 0 Å². The minimum Gasteiger partial charge on any atom is -0.370 e. The molecular weight excluding hydrogens is 523 g/mol.